The third kappa shape index (κ3) is 1.84. The third-order valence-corrected chi connectivity index (χ3v) is 1.69. The number of benzene rings is 1. The Labute approximate surface area is 74.4 Å². The predicted octanol–water partition coefficient (Wildman–Crippen LogP) is -1.28. The van der Waals surface area contributed by atoms with Crippen molar-refractivity contribution in [1.82, 2.24) is 0 Å². The molecule has 0 fully saturated rings. The Morgan fingerprint density at radius 1 is 1.15 bits per heavy atom. The smallest absolute Gasteiger partial charge is 0.0718 e. The summed E-state index contributed by atoms with van der Waals surface area (Å²) in [5.74, 6) is -2.79. The molecule has 0 bridgehead atoms. The minimum atomic E-state index is -1.40. The van der Waals surface area contributed by atoms with Crippen LogP contribution >= 0.6 is 0 Å². The van der Waals surface area contributed by atoms with Gasteiger partial charge in [-0.15, -0.1) is 0 Å². The molecule has 4 heteroatoms. The summed E-state index contributed by atoms with van der Waals surface area (Å²) in [5.41, 5.74) is 0.177. The maximum Gasteiger partial charge on any atom is 0.0718 e. The molecule has 4 nitrogen and oxygen atoms in total. The van der Waals surface area contributed by atoms with Gasteiger partial charge in [0.15, 0.2) is 0 Å². The monoisotopic (exact) mass is 178 g/mol. The van der Waals surface area contributed by atoms with E-state index in [1.54, 1.807) is 6.92 Å². The van der Waals surface area contributed by atoms with Crippen molar-refractivity contribution in [2.24, 2.45) is 0 Å². The van der Waals surface area contributed by atoms with E-state index in [0.717, 1.165) is 6.07 Å². The van der Waals surface area contributed by atoms with Crippen LogP contribution in [0.4, 0.5) is 0 Å². The summed E-state index contributed by atoms with van der Waals surface area (Å²) < 4.78 is 0. The zero-order valence-corrected chi connectivity index (χ0v) is 6.87. The fourth-order valence-corrected chi connectivity index (χ4v) is 0.969. The topological polar surface area (TPSA) is 80.3 Å². The van der Waals surface area contributed by atoms with Crippen LogP contribution in [0.5, 0.6) is 0 Å². The Bertz CT molecular complexity index is 368. The van der Waals surface area contributed by atoms with E-state index in [4.69, 9.17) is 0 Å². The molecule has 0 aliphatic rings. The van der Waals surface area contributed by atoms with Gasteiger partial charge in [-0.25, -0.2) is 0 Å². The van der Waals surface area contributed by atoms with Crippen molar-refractivity contribution >= 4 is 11.9 Å². The second-order valence-corrected chi connectivity index (χ2v) is 2.60. The maximum absolute atomic E-state index is 10.5. The molecule has 0 spiro atoms. The molecule has 13 heavy (non-hydrogen) atoms. The van der Waals surface area contributed by atoms with E-state index in [9.17, 15) is 19.8 Å². The van der Waals surface area contributed by atoms with Gasteiger partial charge in [0.1, 0.15) is 0 Å². The van der Waals surface area contributed by atoms with Gasteiger partial charge in [0.2, 0.25) is 0 Å². The summed E-state index contributed by atoms with van der Waals surface area (Å²) >= 11 is 0. The maximum atomic E-state index is 10.5. The van der Waals surface area contributed by atoms with Gasteiger partial charge in [-0.1, -0.05) is 12.1 Å². The Morgan fingerprint density at radius 2 is 1.77 bits per heavy atom. The first kappa shape index (κ1) is 9.25. The average Bonchev–Trinajstić information content (AvgIpc) is 2.04. The molecule has 1 rings (SSSR count). The highest BCUT2D eigenvalue weighted by Gasteiger charge is 2.01. The van der Waals surface area contributed by atoms with E-state index in [2.05, 4.69) is 0 Å². The molecule has 0 unspecified atom stereocenters. The summed E-state index contributed by atoms with van der Waals surface area (Å²) in [4.78, 5) is 20.8. The van der Waals surface area contributed by atoms with Gasteiger partial charge in [0, 0.05) is 5.56 Å². The molecule has 0 heterocycles. The highest BCUT2D eigenvalue weighted by atomic mass is 16.4. The molecule has 1 aromatic rings. The van der Waals surface area contributed by atoms with Crippen LogP contribution in [0.25, 0.3) is 0 Å². The third-order valence-electron chi connectivity index (χ3n) is 1.69. The Balaban J connectivity index is 3.27. The van der Waals surface area contributed by atoms with E-state index >= 15 is 0 Å². The molecule has 68 valence electrons. The molecular formula is C9H6O4-2. The van der Waals surface area contributed by atoms with Crippen molar-refractivity contribution < 1.29 is 19.8 Å². The molecule has 0 aliphatic carbocycles. The number of aryl methyl sites for hydroxylation is 1. The number of hydrogen-bond acceptors (Lipinski definition) is 4. The number of rotatable bonds is 2. The fraction of sp³-hybridized carbons (Fsp3) is 0.111. The summed E-state index contributed by atoms with van der Waals surface area (Å²) in [7, 11) is 0. The van der Waals surface area contributed by atoms with Crippen LogP contribution in [0.1, 0.15) is 26.3 Å². The van der Waals surface area contributed by atoms with Crippen LogP contribution in [-0.4, -0.2) is 11.9 Å². The lowest BCUT2D eigenvalue weighted by Gasteiger charge is -2.09. The van der Waals surface area contributed by atoms with Gasteiger partial charge in [0.25, 0.3) is 0 Å². The molecule has 0 aromatic heterocycles. The number of carbonyl (C=O) groups is 2. The van der Waals surface area contributed by atoms with Crippen LogP contribution in [0.3, 0.4) is 0 Å². The quantitative estimate of drug-likeness (QED) is 0.565. The molecule has 0 amide bonds. The minimum Gasteiger partial charge on any atom is -0.545 e. The van der Waals surface area contributed by atoms with E-state index in [0.29, 0.717) is 5.56 Å². The van der Waals surface area contributed by atoms with Gasteiger partial charge in [-0.05, 0) is 24.1 Å². The number of hydrogen-bond donors (Lipinski definition) is 0. The Morgan fingerprint density at radius 3 is 2.23 bits per heavy atom. The second-order valence-electron chi connectivity index (χ2n) is 2.60. The summed E-state index contributed by atoms with van der Waals surface area (Å²) in [6.07, 6.45) is 0. The SMILES string of the molecule is Cc1ccc(C(=O)[O-])cc1C(=O)[O-]. The average molecular weight is 178 g/mol. The first-order valence-electron chi connectivity index (χ1n) is 3.55. The van der Waals surface area contributed by atoms with Crippen molar-refractivity contribution in [2.45, 2.75) is 6.92 Å². The van der Waals surface area contributed by atoms with Crippen LogP contribution in [-0.2, 0) is 0 Å². The zero-order valence-electron chi connectivity index (χ0n) is 6.87. The van der Waals surface area contributed by atoms with Crippen molar-refractivity contribution in [2.75, 3.05) is 0 Å². The van der Waals surface area contributed by atoms with Crippen molar-refractivity contribution in [3.63, 3.8) is 0 Å². The normalized spacial score (nSPS) is 9.62. The largest absolute Gasteiger partial charge is 0.545 e. The summed E-state index contributed by atoms with van der Waals surface area (Å²) in [6, 6.07) is 3.72. The van der Waals surface area contributed by atoms with Crippen LogP contribution in [0, 0.1) is 6.92 Å². The van der Waals surface area contributed by atoms with Crippen molar-refractivity contribution in [1.29, 1.82) is 0 Å². The Kier molecular flexibility index (Phi) is 2.32. The fourth-order valence-electron chi connectivity index (χ4n) is 0.969. The minimum absolute atomic E-state index is 0.123. The van der Waals surface area contributed by atoms with Gasteiger partial charge in [-0.2, -0.15) is 0 Å². The summed E-state index contributed by atoms with van der Waals surface area (Å²) in [5, 5.41) is 20.8. The first-order chi connectivity index (χ1) is 6.02. The van der Waals surface area contributed by atoms with E-state index in [1.165, 1.54) is 12.1 Å². The van der Waals surface area contributed by atoms with Crippen LogP contribution in [0.15, 0.2) is 18.2 Å². The van der Waals surface area contributed by atoms with Crippen molar-refractivity contribution in [3.05, 3.63) is 34.9 Å². The molecular weight excluding hydrogens is 172 g/mol. The number of carboxylic acid groups (broad SMARTS) is 2. The lowest BCUT2D eigenvalue weighted by Crippen LogP contribution is -2.26. The van der Waals surface area contributed by atoms with Gasteiger partial charge < -0.3 is 19.8 Å². The lowest BCUT2D eigenvalue weighted by atomic mass is 10.1. The Hall–Kier alpha value is -1.84. The molecule has 0 aliphatic heterocycles. The molecule has 0 atom stereocenters. The first-order valence-corrected chi connectivity index (χ1v) is 3.55. The number of carboxylic acids is 2. The molecule has 0 saturated carbocycles. The molecule has 1 aromatic carbocycles. The van der Waals surface area contributed by atoms with E-state index < -0.39 is 11.9 Å². The predicted molar refractivity (Wildman–Crippen MR) is 39.8 cm³/mol. The molecule has 0 N–H and O–H groups in total. The van der Waals surface area contributed by atoms with E-state index in [-0.39, 0.29) is 11.1 Å². The van der Waals surface area contributed by atoms with Gasteiger partial charge in [-0.3, -0.25) is 0 Å². The highest BCUT2D eigenvalue weighted by Crippen LogP contribution is 2.09. The number of aromatic carboxylic acids is 2. The standard InChI is InChI=1S/C9H8O4/c1-5-2-3-6(8(10)11)4-7(5)9(12)13/h2-4H,1H3,(H,10,11)(H,12,13)/p-2. The number of carbonyl (C=O) groups excluding carboxylic acids is 2. The highest BCUT2D eigenvalue weighted by molar-refractivity contribution is 5.93. The lowest BCUT2D eigenvalue weighted by molar-refractivity contribution is -0.255. The van der Waals surface area contributed by atoms with Gasteiger partial charge >= 0.3 is 0 Å². The van der Waals surface area contributed by atoms with Crippen molar-refractivity contribution in [3.8, 4) is 0 Å². The van der Waals surface area contributed by atoms with E-state index in [1.807, 2.05) is 0 Å². The molecule has 0 saturated heterocycles. The zero-order chi connectivity index (χ0) is 10.0. The second kappa shape index (κ2) is 3.26. The molecule has 0 radical (unpaired) electrons. The van der Waals surface area contributed by atoms with Crippen LogP contribution in [0.2, 0.25) is 0 Å². The van der Waals surface area contributed by atoms with Crippen LogP contribution < -0.4 is 10.2 Å². The van der Waals surface area contributed by atoms with Gasteiger partial charge in [0.05, 0.1) is 11.9 Å². The summed E-state index contributed by atoms with van der Waals surface area (Å²) in [6.45, 7) is 1.56.